The fourth-order valence-corrected chi connectivity index (χ4v) is 3.09. The highest BCUT2D eigenvalue weighted by molar-refractivity contribution is 5.78. The lowest BCUT2D eigenvalue weighted by molar-refractivity contribution is 0.630. The summed E-state index contributed by atoms with van der Waals surface area (Å²) in [6.07, 6.45) is 3.36. The first-order valence-corrected chi connectivity index (χ1v) is 8.56. The molecule has 0 unspecified atom stereocenters. The van der Waals surface area contributed by atoms with Gasteiger partial charge >= 0.3 is 0 Å². The van der Waals surface area contributed by atoms with E-state index >= 15 is 0 Å². The number of nitrogens with zero attached hydrogens (tertiary/aromatic N) is 3. The van der Waals surface area contributed by atoms with Crippen molar-refractivity contribution in [3.63, 3.8) is 0 Å². The molecule has 0 radical (unpaired) electrons. The van der Waals surface area contributed by atoms with Crippen molar-refractivity contribution in [2.45, 2.75) is 46.1 Å². The maximum Gasteiger partial charge on any atom is 0.110 e. The van der Waals surface area contributed by atoms with Crippen LogP contribution in [0.1, 0.15) is 35.4 Å². The lowest BCUT2D eigenvalue weighted by Gasteiger charge is -2.09. The first-order valence-electron chi connectivity index (χ1n) is 8.56. The molecule has 0 saturated heterocycles. The summed E-state index contributed by atoms with van der Waals surface area (Å²) in [4.78, 5) is 4.89. The summed E-state index contributed by atoms with van der Waals surface area (Å²) in [7, 11) is 0. The molecule has 3 aromatic rings. The number of rotatable bonds is 6. The Hall–Kier alpha value is -2.60. The molecule has 0 fully saturated rings. The van der Waals surface area contributed by atoms with Crippen molar-refractivity contribution in [3.05, 3.63) is 65.0 Å². The predicted octanol–water partition coefficient (Wildman–Crippen LogP) is 4.74. The van der Waals surface area contributed by atoms with E-state index < -0.39 is 0 Å². The molecule has 1 aromatic heterocycles. The lowest BCUT2D eigenvalue weighted by Crippen LogP contribution is -2.05. The number of aromatic nitrogens is 2. The minimum atomic E-state index is 0.586. The van der Waals surface area contributed by atoms with Gasteiger partial charge in [-0.1, -0.05) is 30.3 Å². The summed E-state index contributed by atoms with van der Waals surface area (Å²) in [5.41, 5.74) is 6.16. The summed E-state index contributed by atoms with van der Waals surface area (Å²) in [5.74, 6) is 1.12. The van der Waals surface area contributed by atoms with E-state index in [1.165, 1.54) is 22.2 Å². The van der Waals surface area contributed by atoms with Crippen LogP contribution in [0.25, 0.3) is 11.0 Å². The molecular formula is C21H23N3. The highest BCUT2D eigenvalue weighted by Crippen LogP contribution is 2.22. The van der Waals surface area contributed by atoms with E-state index in [2.05, 4.69) is 60.9 Å². The normalized spacial score (nSPS) is 10.9. The second kappa shape index (κ2) is 7.31. The molecule has 122 valence electrons. The summed E-state index contributed by atoms with van der Waals surface area (Å²) in [6, 6.07) is 17.2. The van der Waals surface area contributed by atoms with Crippen LogP contribution < -0.4 is 0 Å². The van der Waals surface area contributed by atoms with Gasteiger partial charge in [0, 0.05) is 19.4 Å². The summed E-state index contributed by atoms with van der Waals surface area (Å²) < 4.78 is 2.31. The Kier molecular flexibility index (Phi) is 4.96. The smallest absolute Gasteiger partial charge is 0.110 e. The van der Waals surface area contributed by atoms with E-state index in [1.54, 1.807) is 0 Å². The highest BCUT2D eigenvalue weighted by Gasteiger charge is 2.12. The van der Waals surface area contributed by atoms with E-state index in [-0.39, 0.29) is 0 Å². The van der Waals surface area contributed by atoms with Crippen LogP contribution in [-0.2, 0) is 19.4 Å². The molecule has 3 rings (SSSR count). The molecule has 0 bridgehead atoms. The topological polar surface area (TPSA) is 41.6 Å². The van der Waals surface area contributed by atoms with Gasteiger partial charge in [-0.2, -0.15) is 5.26 Å². The second-order valence-electron chi connectivity index (χ2n) is 6.35. The Morgan fingerprint density at radius 2 is 1.79 bits per heavy atom. The van der Waals surface area contributed by atoms with Crippen molar-refractivity contribution in [2.24, 2.45) is 0 Å². The molecule has 0 aliphatic rings. The van der Waals surface area contributed by atoms with Gasteiger partial charge in [-0.25, -0.2) is 4.98 Å². The molecule has 3 heteroatoms. The average Bonchev–Trinajstić information content (AvgIpc) is 2.91. The summed E-state index contributed by atoms with van der Waals surface area (Å²) in [5, 5.41) is 8.84. The molecule has 0 spiro atoms. The van der Waals surface area contributed by atoms with Gasteiger partial charge in [-0.05, 0) is 55.5 Å². The molecule has 2 aromatic carbocycles. The maximum atomic E-state index is 8.84. The number of hydrogen-bond acceptors (Lipinski definition) is 2. The number of benzene rings is 2. The molecule has 0 saturated carbocycles. The molecule has 3 nitrogen and oxygen atoms in total. The van der Waals surface area contributed by atoms with E-state index in [9.17, 15) is 0 Å². The SMILES string of the molecule is Cc1cc2nc(CCc3ccccc3)n(CCCC#N)c2cc1C. The van der Waals surface area contributed by atoms with Crippen LogP contribution in [0.15, 0.2) is 42.5 Å². The molecule has 0 aliphatic heterocycles. The average molecular weight is 317 g/mol. The number of aryl methyl sites for hydroxylation is 5. The van der Waals surface area contributed by atoms with Gasteiger partial charge in [0.15, 0.2) is 0 Å². The fraction of sp³-hybridized carbons (Fsp3) is 0.333. The molecule has 1 heterocycles. The van der Waals surface area contributed by atoms with Crippen molar-refractivity contribution < 1.29 is 0 Å². The number of hydrogen-bond donors (Lipinski definition) is 0. The van der Waals surface area contributed by atoms with Gasteiger partial charge in [0.1, 0.15) is 5.82 Å². The number of imidazole rings is 1. The van der Waals surface area contributed by atoms with Gasteiger partial charge in [0.2, 0.25) is 0 Å². The number of fused-ring (bicyclic) bond motifs is 1. The largest absolute Gasteiger partial charge is 0.328 e. The van der Waals surface area contributed by atoms with Crippen LogP contribution in [0, 0.1) is 25.2 Å². The monoisotopic (exact) mass is 317 g/mol. The standard InChI is InChI=1S/C21H23N3/c1-16-14-19-20(15-17(16)2)24(13-7-6-12-22)21(23-19)11-10-18-8-4-3-5-9-18/h3-5,8-9,14-15H,6-7,10-11,13H2,1-2H3. The quantitative estimate of drug-likeness (QED) is 0.616. The Labute approximate surface area is 143 Å². The van der Waals surface area contributed by atoms with Crippen LogP contribution in [0.2, 0.25) is 0 Å². The van der Waals surface area contributed by atoms with Gasteiger partial charge in [-0.3, -0.25) is 0 Å². The van der Waals surface area contributed by atoms with Crippen molar-refractivity contribution in [2.75, 3.05) is 0 Å². The van der Waals surface area contributed by atoms with Gasteiger partial charge in [-0.15, -0.1) is 0 Å². The van der Waals surface area contributed by atoms with Crippen molar-refractivity contribution in [1.82, 2.24) is 9.55 Å². The predicted molar refractivity (Wildman–Crippen MR) is 97.9 cm³/mol. The van der Waals surface area contributed by atoms with Crippen LogP contribution in [-0.4, -0.2) is 9.55 Å². The van der Waals surface area contributed by atoms with Crippen molar-refractivity contribution in [1.29, 1.82) is 5.26 Å². The third-order valence-electron chi connectivity index (χ3n) is 4.59. The molecular weight excluding hydrogens is 294 g/mol. The zero-order valence-corrected chi connectivity index (χ0v) is 14.4. The first kappa shape index (κ1) is 16.3. The fourth-order valence-electron chi connectivity index (χ4n) is 3.09. The third-order valence-corrected chi connectivity index (χ3v) is 4.59. The zero-order chi connectivity index (χ0) is 16.9. The second-order valence-corrected chi connectivity index (χ2v) is 6.35. The van der Waals surface area contributed by atoms with E-state index in [1.807, 2.05) is 6.07 Å². The Morgan fingerprint density at radius 1 is 1.04 bits per heavy atom. The van der Waals surface area contributed by atoms with Gasteiger partial charge in [0.25, 0.3) is 0 Å². The van der Waals surface area contributed by atoms with Crippen LogP contribution in [0.5, 0.6) is 0 Å². The molecule has 0 aliphatic carbocycles. The van der Waals surface area contributed by atoms with Crippen LogP contribution in [0.3, 0.4) is 0 Å². The van der Waals surface area contributed by atoms with E-state index in [0.29, 0.717) is 6.42 Å². The van der Waals surface area contributed by atoms with Crippen LogP contribution in [0.4, 0.5) is 0 Å². The molecule has 0 N–H and O–H groups in total. The van der Waals surface area contributed by atoms with Crippen molar-refractivity contribution >= 4 is 11.0 Å². The lowest BCUT2D eigenvalue weighted by atomic mass is 10.1. The zero-order valence-electron chi connectivity index (χ0n) is 14.4. The molecule has 0 amide bonds. The van der Waals surface area contributed by atoms with Crippen LogP contribution >= 0.6 is 0 Å². The summed E-state index contributed by atoms with van der Waals surface area (Å²) in [6.45, 7) is 5.13. The molecule has 24 heavy (non-hydrogen) atoms. The van der Waals surface area contributed by atoms with Gasteiger partial charge in [0.05, 0.1) is 17.1 Å². The van der Waals surface area contributed by atoms with Crippen molar-refractivity contribution in [3.8, 4) is 6.07 Å². The van der Waals surface area contributed by atoms with Gasteiger partial charge < -0.3 is 4.57 Å². The Bertz CT molecular complexity index is 869. The maximum absolute atomic E-state index is 8.84. The molecule has 0 atom stereocenters. The Morgan fingerprint density at radius 3 is 2.54 bits per heavy atom. The Balaban J connectivity index is 1.92. The van der Waals surface area contributed by atoms with E-state index in [4.69, 9.17) is 10.2 Å². The third kappa shape index (κ3) is 3.49. The first-order chi connectivity index (χ1) is 11.7. The number of nitriles is 1. The number of unbranched alkanes of at least 4 members (excludes halogenated alkanes) is 1. The minimum Gasteiger partial charge on any atom is -0.328 e. The summed E-state index contributed by atoms with van der Waals surface area (Å²) >= 11 is 0. The highest BCUT2D eigenvalue weighted by atomic mass is 15.1. The van der Waals surface area contributed by atoms with E-state index in [0.717, 1.165) is 37.1 Å². The minimum absolute atomic E-state index is 0.586.